The van der Waals surface area contributed by atoms with Gasteiger partial charge in [-0.3, -0.25) is 14.5 Å². The Bertz CT molecular complexity index is 1290. The summed E-state index contributed by atoms with van der Waals surface area (Å²) < 4.78 is 18.8. The fraction of sp³-hybridized carbons (Fsp3) is 0.0800. The number of carboxylic acid groups (broad SMARTS) is 1. The molecule has 3 aromatic carbocycles. The minimum absolute atomic E-state index is 0.0588. The maximum Gasteiger partial charge on any atom is 0.335 e. The standard InChI is InChI=1S/C25H17ClFNO5S/c26-20-11-17(5-10-21(20)33-14-16-1-6-18(7-2-16)24(30)31)12-22-23(29)28(25(32)34-22)13-15-3-8-19(27)9-4-15/h1-12H,13-14H2,(H,30,31). The van der Waals surface area contributed by atoms with Crippen LogP contribution in [-0.2, 0) is 17.9 Å². The van der Waals surface area contributed by atoms with Crippen LogP contribution in [0.2, 0.25) is 5.02 Å². The van der Waals surface area contributed by atoms with Gasteiger partial charge in [0.15, 0.2) is 0 Å². The van der Waals surface area contributed by atoms with E-state index < -0.39 is 22.9 Å². The number of halogens is 2. The number of imide groups is 1. The Kier molecular flexibility index (Phi) is 7.00. The van der Waals surface area contributed by atoms with Crippen molar-refractivity contribution in [3.63, 3.8) is 0 Å². The molecule has 0 aliphatic carbocycles. The number of carboxylic acids is 1. The van der Waals surface area contributed by atoms with Crippen molar-refractivity contribution >= 4 is 46.6 Å². The first-order valence-electron chi connectivity index (χ1n) is 10.0. The largest absolute Gasteiger partial charge is 0.487 e. The van der Waals surface area contributed by atoms with Crippen molar-refractivity contribution < 1.29 is 28.6 Å². The van der Waals surface area contributed by atoms with E-state index in [4.69, 9.17) is 21.4 Å². The zero-order valence-electron chi connectivity index (χ0n) is 17.5. The third-order valence-corrected chi connectivity index (χ3v) is 6.18. The van der Waals surface area contributed by atoms with Gasteiger partial charge in [-0.15, -0.1) is 0 Å². The summed E-state index contributed by atoms with van der Waals surface area (Å²) >= 11 is 7.16. The highest BCUT2D eigenvalue weighted by Gasteiger charge is 2.35. The van der Waals surface area contributed by atoms with Crippen molar-refractivity contribution in [1.29, 1.82) is 0 Å². The number of ether oxygens (including phenoxy) is 1. The number of rotatable bonds is 7. The Morgan fingerprint density at radius 1 is 1.03 bits per heavy atom. The Balaban J connectivity index is 1.42. The van der Waals surface area contributed by atoms with Crippen LogP contribution in [0.1, 0.15) is 27.0 Å². The van der Waals surface area contributed by atoms with Gasteiger partial charge in [-0.05, 0) is 70.9 Å². The fourth-order valence-electron chi connectivity index (χ4n) is 3.19. The Hall–Kier alpha value is -3.62. The van der Waals surface area contributed by atoms with Crippen LogP contribution >= 0.6 is 23.4 Å². The number of nitrogens with zero attached hydrogens (tertiary/aromatic N) is 1. The van der Waals surface area contributed by atoms with Gasteiger partial charge in [0.2, 0.25) is 0 Å². The van der Waals surface area contributed by atoms with Crippen LogP contribution in [-0.4, -0.2) is 27.1 Å². The molecular weight excluding hydrogens is 481 g/mol. The molecule has 1 N–H and O–H groups in total. The second-order valence-corrected chi connectivity index (χ2v) is 8.78. The highest BCUT2D eigenvalue weighted by atomic mass is 35.5. The molecule has 1 aliphatic rings. The van der Waals surface area contributed by atoms with Crippen molar-refractivity contribution in [1.82, 2.24) is 4.90 Å². The summed E-state index contributed by atoms with van der Waals surface area (Å²) in [6.45, 7) is 0.254. The van der Waals surface area contributed by atoms with E-state index in [2.05, 4.69) is 0 Å². The van der Waals surface area contributed by atoms with Gasteiger partial charge in [0, 0.05) is 0 Å². The zero-order valence-corrected chi connectivity index (χ0v) is 19.1. The first-order valence-corrected chi connectivity index (χ1v) is 11.2. The molecule has 1 fully saturated rings. The summed E-state index contributed by atoms with van der Waals surface area (Å²) in [5, 5.41) is 8.88. The minimum atomic E-state index is -1.00. The summed E-state index contributed by atoms with van der Waals surface area (Å²) in [7, 11) is 0. The number of hydrogen-bond donors (Lipinski definition) is 1. The Morgan fingerprint density at radius 2 is 1.71 bits per heavy atom. The topological polar surface area (TPSA) is 83.9 Å². The number of thioether (sulfide) groups is 1. The average Bonchev–Trinajstić information content (AvgIpc) is 3.07. The van der Waals surface area contributed by atoms with Crippen LogP contribution < -0.4 is 4.74 Å². The minimum Gasteiger partial charge on any atom is -0.487 e. The summed E-state index contributed by atoms with van der Waals surface area (Å²) in [4.78, 5) is 37.3. The van der Waals surface area contributed by atoms with Crippen molar-refractivity contribution in [3.05, 3.63) is 105 Å². The van der Waals surface area contributed by atoms with Gasteiger partial charge in [0.1, 0.15) is 18.2 Å². The normalized spacial score (nSPS) is 14.6. The van der Waals surface area contributed by atoms with Gasteiger partial charge < -0.3 is 9.84 Å². The van der Waals surface area contributed by atoms with Gasteiger partial charge in [0.25, 0.3) is 11.1 Å². The molecule has 2 amide bonds. The number of hydrogen-bond acceptors (Lipinski definition) is 5. The predicted molar refractivity (Wildman–Crippen MR) is 127 cm³/mol. The van der Waals surface area contributed by atoms with Crippen LogP contribution in [0, 0.1) is 5.82 Å². The molecule has 1 heterocycles. The third kappa shape index (κ3) is 5.47. The molecule has 0 saturated carbocycles. The van der Waals surface area contributed by atoms with E-state index >= 15 is 0 Å². The summed E-state index contributed by atoms with van der Waals surface area (Å²) in [6.07, 6.45) is 1.58. The predicted octanol–water partition coefficient (Wildman–Crippen LogP) is 5.99. The second kappa shape index (κ2) is 10.1. The van der Waals surface area contributed by atoms with E-state index in [1.807, 2.05) is 0 Å². The van der Waals surface area contributed by atoms with E-state index in [0.29, 0.717) is 21.9 Å². The van der Waals surface area contributed by atoms with E-state index in [1.54, 1.807) is 36.4 Å². The summed E-state index contributed by atoms with van der Waals surface area (Å²) in [5.74, 6) is -1.40. The molecule has 9 heteroatoms. The molecule has 0 radical (unpaired) electrons. The van der Waals surface area contributed by atoms with Crippen LogP contribution in [0.3, 0.4) is 0 Å². The lowest BCUT2D eigenvalue weighted by Gasteiger charge is -2.12. The van der Waals surface area contributed by atoms with Crippen LogP contribution in [0.15, 0.2) is 71.6 Å². The molecule has 0 aromatic heterocycles. The first-order chi connectivity index (χ1) is 16.3. The Morgan fingerprint density at radius 3 is 2.35 bits per heavy atom. The SMILES string of the molecule is O=C(O)c1ccc(COc2ccc(C=C3SC(=O)N(Cc4ccc(F)cc4)C3=O)cc2Cl)cc1. The number of aromatic carboxylic acids is 1. The highest BCUT2D eigenvalue weighted by molar-refractivity contribution is 8.18. The lowest BCUT2D eigenvalue weighted by Crippen LogP contribution is -2.27. The molecule has 4 rings (SSSR count). The van der Waals surface area contributed by atoms with E-state index in [1.165, 1.54) is 36.4 Å². The van der Waals surface area contributed by atoms with E-state index in [-0.39, 0.29) is 23.6 Å². The molecule has 0 atom stereocenters. The van der Waals surface area contributed by atoms with Crippen LogP contribution in [0.25, 0.3) is 6.08 Å². The van der Waals surface area contributed by atoms with Crippen molar-refractivity contribution in [2.75, 3.05) is 0 Å². The zero-order chi connectivity index (χ0) is 24.2. The van der Waals surface area contributed by atoms with Crippen LogP contribution in [0.4, 0.5) is 9.18 Å². The molecule has 0 spiro atoms. The smallest absolute Gasteiger partial charge is 0.335 e. The molecule has 1 aliphatic heterocycles. The molecule has 0 bridgehead atoms. The molecule has 3 aromatic rings. The van der Waals surface area contributed by atoms with Crippen molar-refractivity contribution in [2.45, 2.75) is 13.2 Å². The monoisotopic (exact) mass is 497 g/mol. The quantitative estimate of drug-likeness (QED) is 0.403. The molecule has 6 nitrogen and oxygen atoms in total. The third-order valence-electron chi connectivity index (χ3n) is 4.98. The Labute approximate surface area is 203 Å². The second-order valence-electron chi connectivity index (χ2n) is 7.37. The summed E-state index contributed by atoms with van der Waals surface area (Å²) in [6, 6.07) is 16.9. The maximum atomic E-state index is 13.1. The molecular formula is C25H17ClFNO5S. The van der Waals surface area contributed by atoms with Gasteiger partial charge in [-0.25, -0.2) is 9.18 Å². The van der Waals surface area contributed by atoms with Gasteiger partial charge in [0.05, 0.1) is 22.0 Å². The van der Waals surface area contributed by atoms with E-state index in [0.717, 1.165) is 22.2 Å². The number of benzene rings is 3. The highest BCUT2D eigenvalue weighted by Crippen LogP contribution is 2.34. The fourth-order valence-corrected chi connectivity index (χ4v) is 4.27. The number of carbonyl (C=O) groups excluding carboxylic acids is 2. The van der Waals surface area contributed by atoms with Crippen molar-refractivity contribution in [3.8, 4) is 5.75 Å². The van der Waals surface area contributed by atoms with Crippen molar-refractivity contribution in [2.24, 2.45) is 0 Å². The molecule has 172 valence electrons. The van der Waals surface area contributed by atoms with Crippen LogP contribution in [0.5, 0.6) is 5.75 Å². The van der Waals surface area contributed by atoms with E-state index in [9.17, 15) is 18.8 Å². The average molecular weight is 498 g/mol. The molecule has 34 heavy (non-hydrogen) atoms. The van der Waals surface area contributed by atoms with Gasteiger partial charge in [-0.1, -0.05) is 41.9 Å². The lowest BCUT2D eigenvalue weighted by atomic mass is 10.1. The molecule has 0 unspecified atom stereocenters. The van der Waals surface area contributed by atoms with Gasteiger partial charge >= 0.3 is 5.97 Å². The number of carbonyl (C=O) groups is 3. The first kappa shape index (κ1) is 23.5. The lowest BCUT2D eigenvalue weighted by molar-refractivity contribution is -0.123. The summed E-state index contributed by atoms with van der Waals surface area (Å²) in [5.41, 5.74) is 2.23. The molecule has 1 saturated heterocycles. The van der Waals surface area contributed by atoms with Gasteiger partial charge in [-0.2, -0.15) is 0 Å². The number of amides is 2. The maximum absolute atomic E-state index is 13.1.